The van der Waals surface area contributed by atoms with Gasteiger partial charge >= 0.3 is 0 Å². The normalized spacial score (nSPS) is 17.0. The fraction of sp³-hybridized carbons (Fsp3) is 0.476. The van der Waals surface area contributed by atoms with Crippen LogP contribution in [0.25, 0.3) is 11.4 Å². The van der Waals surface area contributed by atoms with Crippen LogP contribution in [-0.2, 0) is 19.5 Å². The van der Waals surface area contributed by atoms with Gasteiger partial charge in [-0.25, -0.2) is 23.4 Å². The molecule has 1 aliphatic rings. The first-order chi connectivity index (χ1) is 17.1. The van der Waals surface area contributed by atoms with Gasteiger partial charge in [-0.05, 0) is 26.8 Å². The van der Waals surface area contributed by atoms with E-state index in [9.17, 15) is 8.42 Å². The van der Waals surface area contributed by atoms with E-state index in [1.54, 1.807) is 24.5 Å². The molecule has 0 unspecified atom stereocenters. The van der Waals surface area contributed by atoms with Crippen molar-refractivity contribution in [2.45, 2.75) is 44.3 Å². The van der Waals surface area contributed by atoms with Crippen molar-refractivity contribution in [3.8, 4) is 17.1 Å². The lowest BCUT2D eigenvalue weighted by molar-refractivity contribution is 0.00154. The maximum Gasteiger partial charge on any atom is 0.240 e. The molecule has 0 saturated heterocycles. The Labute approximate surface area is 218 Å². The minimum Gasteiger partial charge on any atom is -0.487 e. The summed E-state index contributed by atoms with van der Waals surface area (Å²) in [5, 5.41) is 7.74. The summed E-state index contributed by atoms with van der Waals surface area (Å²) in [7, 11) is -2.56. The molecule has 15 heteroatoms. The number of hydrogen-bond acceptors (Lipinski definition) is 10. The lowest BCUT2D eigenvalue weighted by Crippen LogP contribution is -2.35. The summed E-state index contributed by atoms with van der Waals surface area (Å²) in [4.78, 5) is 12.4. The van der Waals surface area contributed by atoms with Crippen LogP contribution in [0.15, 0.2) is 24.7 Å². The number of nitrogens with one attached hydrogen (secondary N) is 1. The number of halogens is 2. The van der Waals surface area contributed by atoms with Gasteiger partial charge in [0.2, 0.25) is 16.0 Å². The minimum absolute atomic E-state index is 0.0105. The summed E-state index contributed by atoms with van der Waals surface area (Å²) in [6.45, 7) is 5.41. The highest BCUT2D eigenvalue weighted by Gasteiger charge is 2.37. The van der Waals surface area contributed by atoms with Crippen molar-refractivity contribution >= 4 is 39.2 Å². The van der Waals surface area contributed by atoms with Gasteiger partial charge in [0.1, 0.15) is 18.0 Å². The molecule has 0 aromatic carbocycles. The Bertz CT molecular complexity index is 1320. The Hall–Kier alpha value is -2.58. The molecule has 0 spiro atoms. The van der Waals surface area contributed by atoms with Gasteiger partial charge < -0.3 is 14.2 Å². The van der Waals surface area contributed by atoms with Gasteiger partial charge in [-0.15, -0.1) is 10.2 Å². The Balaban J connectivity index is 1.72. The van der Waals surface area contributed by atoms with Crippen molar-refractivity contribution in [2.75, 3.05) is 25.0 Å². The molecule has 0 amide bonds. The number of pyridine rings is 1. The van der Waals surface area contributed by atoms with Crippen LogP contribution >= 0.6 is 23.2 Å². The summed E-state index contributed by atoms with van der Waals surface area (Å²) in [5.41, 5.74) is 0.523. The lowest BCUT2D eigenvalue weighted by atomic mass is 10.2. The maximum atomic E-state index is 13.5. The molecule has 3 atom stereocenters. The van der Waals surface area contributed by atoms with Crippen LogP contribution in [0.4, 0.5) is 5.95 Å². The summed E-state index contributed by atoms with van der Waals surface area (Å²) >= 11 is 12.1. The maximum absolute atomic E-state index is 13.5. The third-order valence-corrected chi connectivity index (χ3v) is 7.56. The highest BCUT2D eigenvalue weighted by atomic mass is 35.5. The molecule has 194 valence electrons. The van der Waals surface area contributed by atoms with Gasteiger partial charge in [-0.1, -0.05) is 23.2 Å². The zero-order chi connectivity index (χ0) is 26.0. The Kier molecular flexibility index (Phi) is 7.95. The molecule has 36 heavy (non-hydrogen) atoms. The highest BCUT2D eigenvalue weighted by molar-refractivity contribution is 7.93. The summed E-state index contributed by atoms with van der Waals surface area (Å²) < 4.78 is 48.4. The Morgan fingerprint density at radius 1 is 1.19 bits per heavy atom. The molecule has 0 saturated carbocycles. The largest absolute Gasteiger partial charge is 0.487 e. The summed E-state index contributed by atoms with van der Waals surface area (Å²) in [6.07, 6.45) is 3.01. The van der Waals surface area contributed by atoms with E-state index >= 15 is 0 Å². The second-order valence-electron chi connectivity index (χ2n) is 8.33. The van der Waals surface area contributed by atoms with Crippen LogP contribution in [0, 0.1) is 0 Å². The predicted octanol–water partition coefficient (Wildman–Crippen LogP) is 3.31. The first kappa shape index (κ1) is 26.5. The van der Waals surface area contributed by atoms with Crippen LogP contribution in [0.1, 0.15) is 38.7 Å². The second kappa shape index (κ2) is 10.8. The standard InChI is InChI=1S/C21H25Cl2N7O5S/c1-11(2)35-16(19-25-7-13(22)8-26-19)12(3)36(31,32)29-21-28-27-20-15-5-6-24-18(23)17(15)34-10-14(9-33-4)30(20)21/h5-8,11-12,14,16H,9-10H2,1-4H3,(H,28,29)/t12-,14-,16+/m0/s1. The van der Waals surface area contributed by atoms with Crippen molar-refractivity contribution in [1.29, 1.82) is 0 Å². The van der Waals surface area contributed by atoms with Crippen molar-refractivity contribution in [2.24, 2.45) is 0 Å². The molecule has 12 nitrogen and oxygen atoms in total. The zero-order valence-electron chi connectivity index (χ0n) is 19.9. The van der Waals surface area contributed by atoms with Gasteiger partial charge in [-0.2, -0.15) is 0 Å². The smallest absolute Gasteiger partial charge is 0.240 e. The average Bonchev–Trinajstić information content (AvgIpc) is 3.15. The topological polar surface area (TPSA) is 143 Å². The molecule has 3 aromatic heterocycles. The van der Waals surface area contributed by atoms with Gasteiger partial charge in [0, 0.05) is 25.7 Å². The minimum atomic E-state index is -4.09. The molecular weight excluding hydrogens is 533 g/mol. The van der Waals surface area contributed by atoms with E-state index < -0.39 is 27.4 Å². The van der Waals surface area contributed by atoms with E-state index in [1.165, 1.54) is 32.6 Å². The van der Waals surface area contributed by atoms with Crippen LogP contribution in [0.2, 0.25) is 10.2 Å². The van der Waals surface area contributed by atoms with Crippen LogP contribution in [0.3, 0.4) is 0 Å². The van der Waals surface area contributed by atoms with Gasteiger partial charge in [0.15, 0.2) is 22.6 Å². The van der Waals surface area contributed by atoms with Crippen LogP contribution < -0.4 is 9.46 Å². The number of rotatable bonds is 9. The molecule has 1 aliphatic heterocycles. The molecule has 3 aromatic rings. The molecule has 0 radical (unpaired) electrons. The number of nitrogens with zero attached hydrogens (tertiary/aromatic N) is 6. The average molecular weight is 558 g/mol. The molecule has 1 N–H and O–H groups in total. The Morgan fingerprint density at radius 3 is 2.58 bits per heavy atom. The summed E-state index contributed by atoms with van der Waals surface area (Å²) in [6, 6.07) is 1.21. The first-order valence-electron chi connectivity index (χ1n) is 11.0. The highest BCUT2D eigenvalue weighted by Crippen LogP contribution is 2.39. The van der Waals surface area contributed by atoms with Crippen LogP contribution in [-0.4, -0.2) is 69.8 Å². The Morgan fingerprint density at radius 2 is 1.92 bits per heavy atom. The number of hydrogen-bond donors (Lipinski definition) is 1. The number of anilines is 1. The molecular formula is C21H25Cl2N7O5S. The van der Waals surface area contributed by atoms with Gasteiger partial charge in [-0.3, -0.25) is 9.29 Å². The van der Waals surface area contributed by atoms with Gasteiger partial charge in [0.25, 0.3) is 0 Å². The van der Waals surface area contributed by atoms with E-state index in [4.69, 9.17) is 37.4 Å². The molecule has 0 aliphatic carbocycles. The van der Waals surface area contributed by atoms with Gasteiger partial charge in [0.05, 0.1) is 29.3 Å². The molecule has 4 rings (SSSR count). The number of methoxy groups -OCH3 is 1. The van der Waals surface area contributed by atoms with E-state index in [0.29, 0.717) is 22.2 Å². The molecule has 4 heterocycles. The third-order valence-electron chi connectivity index (χ3n) is 5.40. The second-order valence-corrected chi connectivity index (χ2v) is 11.2. The number of sulfonamides is 1. The van der Waals surface area contributed by atoms with Crippen molar-refractivity contribution in [1.82, 2.24) is 29.7 Å². The van der Waals surface area contributed by atoms with E-state index in [-0.39, 0.29) is 36.2 Å². The number of ether oxygens (including phenoxy) is 3. The predicted molar refractivity (Wildman–Crippen MR) is 133 cm³/mol. The quantitative estimate of drug-likeness (QED) is 0.389. The molecule has 0 bridgehead atoms. The summed E-state index contributed by atoms with van der Waals surface area (Å²) in [5.74, 6) is 0.867. The number of aromatic nitrogens is 6. The SMILES string of the molecule is COC[C@H]1COc2c(ccnc2Cl)-c2nnc(NS(=O)(=O)[C@@H](C)[C@@H](OC(C)C)c3ncc(Cl)cn3)n21. The molecule has 0 fully saturated rings. The zero-order valence-corrected chi connectivity index (χ0v) is 22.3. The van der Waals surface area contributed by atoms with E-state index in [2.05, 4.69) is 29.9 Å². The van der Waals surface area contributed by atoms with Crippen molar-refractivity contribution in [3.63, 3.8) is 0 Å². The van der Waals surface area contributed by atoms with Crippen molar-refractivity contribution in [3.05, 3.63) is 40.7 Å². The third kappa shape index (κ3) is 5.39. The van der Waals surface area contributed by atoms with E-state index in [0.717, 1.165) is 0 Å². The number of fused-ring (bicyclic) bond motifs is 3. The monoisotopic (exact) mass is 557 g/mol. The van der Waals surface area contributed by atoms with Crippen LogP contribution in [0.5, 0.6) is 5.75 Å². The lowest BCUT2D eigenvalue weighted by Gasteiger charge is -2.26. The van der Waals surface area contributed by atoms with E-state index in [1.807, 2.05) is 0 Å². The fourth-order valence-electron chi connectivity index (χ4n) is 3.72. The fourth-order valence-corrected chi connectivity index (χ4v) is 5.12. The first-order valence-corrected chi connectivity index (χ1v) is 13.3. The van der Waals surface area contributed by atoms with Crippen molar-refractivity contribution < 1.29 is 22.6 Å².